The van der Waals surface area contributed by atoms with E-state index >= 15 is 0 Å². The molecule has 1 saturated heterocycles. The van der Waals surface area contributed by atoms with E-state index in [4.69, 9.17) is 9.47 Å². The number of ketones is 1. The van der Waals surface area contributed by atoms with Crippen LogP contribution in [0.2, 0.25) is 0 Å². The fraction of sp³-hybridized carbons (Fsp3) is 0.692. The van der Waals surface area contributed by atoms with Crippen molar-refractivity contribution in [3.63, 3.8) is 0 Å². The van der Waals surface area contributed by atoms with E-state index in [1.54, 1.807) is 18.0 Å². The normalized spacial score (nSPS) is 18.8. The number of aryl methyl sites for hydroxylation is 2. The Balaban J connectivity index is 1.96. The molecule has 0 radical (unpaired) electrons. The van der Waals surface area contributed by atoms with Crippen LogP contribution < -0.4 is 0 Å². The third-order valence-corrected chi connectivity index (χ3v) is 3.73. The highest BCUT2D eigenvalue weighted by Crippen LogP contribution is 2.27. The van der Waals surface area contributed by atoms with Gasteiger partial charge in [0.1, 0.15) is 5.60 Å². The molecule has 18 heavy (non-hydrogen) atoms. The maximum atomic E-state index is 12.3. The van der Waals surface area contributed by atoms with E-state index < -0.39 is 5.60 Å². The first-order chi connectivity index (χ1) is 8.68. The summed E-state index contributed by atoms with van der Waals surface area (Å²) in [6.45, 7) is 1.20. The fourth-order valence-corrected chi connectivity index (χ4v) is 2.41. The van der Waals surface area contributed by atoms with Crippen molar-refractivity contribution in [2.45, 2.75) is 31.3 Å². The molecule has 0 aliphatic carbocycles. The lowest BCUT2D eigenvalue weighted by Gasteiger charge is -2.34. The Morgan fingerprint density at radius 3 is 2.83 bits per heavy atom. The summed E-state index contributed by atoms with van der Waals surface area (Å²) >= 11 is 0. The van der Waals surface area contributed by atoms with Crippen LogP contribution in [0.4, 0.5) is 0 Å². The molecule has 2 heterocycles. The maximum absolute atomic E-state index is 12.3. The molecule has 0 aromatic carbocycles. The molecule has 1 fully saturated rings. The molecule has 1 aromatic rings. The number of nitrogens with zero attached hydrogens (tertiary/aromatic N) is 2. The summed E-state index contributed by atoms with van der Waals surface area (Å²) in [5, 5.41) is 4.10. The lowest BCUT2D eigenvalue weighted by molar-refractivity contribution is -0.152. The number of ether oxygens (including phenoxy) is 2. The first kappa shape index (κ1) is 13.2. The van der Waals surface area contributed by atoms with Crippen molar-refractivity contribution in [2.75, 3.05) is 20.3 Å². The van der Waals surface area contributed by atoms with Crippen molar-refractivity contribution >= 4 is 5.78 Å². The summed E-state index contributed by atoms with van der Waals surface area (Å²) < 4.78 is 12.6. The van der Waals surface area contributed by atoms with Crippen LogP contribution in [0.3, 0.4) is 0 Å². The third kappa shape index (κ3) is 2.62. The van der Waals surface area contributed by atoms with Crippen molar-refractivity contribution in [3.8, 4) is 0 Å². The van der Waals surface area contributed by atoms with Crippen LogP contribution >= 0.6 is 0 Å². The lowest BCUT2D eigenvalue weighted by atomic mass is 9.87. The van der Waals surface area contributed by atoms with Gasteiger partial charge in [0.05, 0.1) is 0 Å². The van der Waals surface area contributed by atoms with E-state index in [0.717, 1.165) is 5.69 Å². The van der Waals surface area contributed by atoms with Crippen molar-refractivity contribution in [2.24, 2.45) is 7.05 Å². The molecule has 0 N–H and O–H groups in total. The smallest absolute Gasteiger partial charge is 0.165 e. The Kier molecular flexibility index (Phi) is 4.14. The number of carbonyl (C=O) groups is 1. The standard InChI is InChI=1S/C13H20N2O3/c1-15-11(5-8-14-15)3-4-12(16)13(17-2)6-9-18-10-7-13/h5,8H,3-4,6-7,9-10H2,1-2H3. The molecular formula is C13H20N2O3. The second kappa shape index (κ2) is 5.63. The molecule has 0 amide bonds. The van der Waals surface area contributed by atoms with Gasteiger partial charge >= 0.3 is 0 Å². The molecule has 2 rings (SSSR count). The van der Waals surface area contributed by atoms with Crippen LogP contribution in [0.25, 0.3) is 0 Å². The highest BCUT2D eigenvalue weighted by atomic mass is 16.5. The molecule has 0 spiro atoms. The van der Waals surface area contributed by atoms with Crippen LogP contribution in [0, 0.1) is 0 Å². The number of hydrogen-bond acceptors (Lipinski definition) is 4. The van der Waals surface area contributed by atoms with Gasteiger partial charge in [0.15, 0.2) is 5.78 Å². The average molecular weight is 252 g/mol. The molecule has 0 unspecified atom stereocenters. The highest BCUT2D eigenvalue weighted by molar-refractivity contribution is 5.87. The molecule has 1 aliphatic heterocycles. The van der Waals surface area contributed by atoms with Gasteiger partial charge in [0, 0.05) is 58.5 Å². The number of Topliss-reactive ketones (excluding diaryl/α,β-unsaturated/α-hetero) is 1. The lowest BCUT2D eigenvalue weighted by Crippen LogP contribution is -2.45. The van der Waals surface area contributed by atoms with E-state index in [2.05, 4.69) is 5.10 Å². The number of rotatable bonds is 5. The second-order valence-electron chi connectivity index (χ2n) is 4.68. The Labute approximate surface area is 107 Å². The largest absolute Gasteiger partial charge is 0.381 e. The van der Waals surface area contributed by atoms with Gasteiger partial charge in [0.2, 0.25) is 0 Å². The molecule has 0 atom stereocenters. The van der Waals surface area contributed by atoms with Gasteiger partial charge in [-0.1, -0.05) is 0 Å². The zero-order chi connectivity index (χ0) is 13.0. The first-order valence-electron chi connectivity index (χ1n) is 6.31. The van der Waals surface area contributed by atoms with E-state index in [9.17, 15) is 4.79 Å². The summed E-state index contributed by atoms with van der Waals surface area (Å²) in [4.78, 5) is 12.3. The number of carbonyl (C=O) groups excluding carboxylic acids is 1. The monoisotopic (exact) mass is 252 g/mol. The van der Waals surface area contributed by atoms with Crippen molar-refractivity contribution < 1.29 is 14.3 Å². The maximum Gasteiger partial charge on any atom is 0.165 e. The summed E-state index contributed by atoms with van der Waals surface area (Å²) in [6.07, 6.45) is 4.27. The third-order valence-electron chi connectivity index (χ3n) is 3.73. The molecule has 5 heteroatoms. The topological polar surface area (TPSA) is 53.3 Å². The van der Waals surface area contributed by atoms with Crippen LogP contribution in [0.5, 0.6) is 0 Å². The Hall–Kier alpha value is -1.20. The van der Waals surface area contributed by atoms with Gasteiger partial charge in [-0.25, -0.2) is 0 Å². The van der Waals surface area contributed by atoms with Gasteiger partial charge in [-0.3, -0.25) is 9.48 Å². The predicted octanol–water partition coefficient (Wildman–Crippen LogP) is 1.12. The van der Waals surface area contributed by atoms with Gasteiger partial charge in [-0.05, 0) is 12.5 Å². The van der Waals surface area contributed by atoms with E-state index in [1.807, 2.05) is 13.1 Å². The molecule has 1 aromatic heterocycles. The van der Waals surface area contributed by atoms with Gasteiger partial charge in [0.25, 0.3) is 0 Å². The van der Waals surface area contributed by atoms with Gasteiger partial charge in [-0.15, -0.1) is 0 Å². The van der Waals surface area contributed by atoms with Crippen LogP contribution in [-0.2, 0) is 27.7 Å². The SMILES string of the molecule is COC1(C(=O)CCc2ccnn2C)CCOCC1. The van der Waals surface area contributed by atoms with Gasteiger partial charge in [-0.2, -0.15) is 5.10 Å². The quantitative estimate of drug-likeness (QED) is 0.788. The van der Waals surface area contributed by atoms with E-state index in [0.29, 0.717) is 38.9 Å². The first-order valence-corrected chi connectivity index (χ1v) is 6.31. The summed E-state index contributed by atoms with van der Waals surface area (Å²) in [7, 11) is 3.51. The van der Waals surface area contributed by atoms with E-state index in [-0.39, 0.29) is 5.78 Å². The van der Waals surface area contributed by atoms with E-state index in [1.165, 1.54) is 0 Å². The Morgan fingerprint density at radius 2 is 2.28 bits per heavy atom. The average Bonchev–Trinajstić information content (AvgIpc) is 2.82. The zero-order valence-corrected chi connectivity index (χ0v) is 11.0. The Bertz CT molecular complexity index is 408. The van der Waals surface area contributed by atoms with Crippen molar-refractivity contribution in [1.29, 1.82) is 0 Å². The minimum Gasteiger partial charge on any atom is -0.381 e. The summed E-state index contributed by atoms with van der Waals surface area (Å²) in [5.74, 6) is 0.175. The van der Waals surface area contributed by atoms with Gasteiger partial charge < -0.3 is 9.47 Å². The molecule has 1 aliphatic rings. The highest BCUT2D eigenvalue weighted by Gasteiger charge is 2.39. The second-order valence-corrected chi connectivity index (χ2v) is 4.68. The zero-order valence-electron chi connectivity index (χ0n) is 11.0. The molecule has 100 valence electrons. The van der Waals surface area contributed by atoms with Crippen LogP contribution in [0.15, 0.2) is 12.3 Å². The number of methoxy groups -OCH3 is 1. The molecule has 0 bridgehead atoms. The molecule has 5 nitrogen and oxygen atoms in total. The van der Waals surface area contributed by atoms with Crippen LogP contribution in [-0.4, -0.2) is 41.5 Å². The molecule has 0 saturated carbocycles. The minimum atomic E-state index is -0.628. The number of aromatic nitrogens is 2. The summed E-state index contributed by atoms with van der Waals surface area (Å²) in [5.41, 5.74) is 0.443. The van der Waals surface area contributed by atoms with Crippen molar-refractivity contribution in [1.82, 2.24) is 9.78 Å². The van der Waals surface area contributed by atoms with Crippen molar-refractivity contribution in [3.05, 3.63) is 18.0 Å². The molecular weight excluding hydrogens is 232 g/mol. The predicted molar refractivity (Wildman–Crippen MR) is 66.3 cm³/mol. The van der Waals surface area contributed by atoms with Crippen LogP contribution in [0.1, 0.15) is 25.0 Å². The summed E-state index contributed by atoms with van der Waals surface area (Å²) in [6, 6.07) is 1.94. The Morgan fingerprint density at radius 1 is 1.56 bits per heavy atom. The minimum absolute atomic E-state index is 0.175. The fourth-order valence-electron chi connectivity index (χ4n) is 2.41. The number of hydrogen-bond donors (Lipinski definition) is 0.